The standard InChI is InChI=1S/C14H26OSi/c1-8-10-11-12-13(9-2)15-16(6,7)14(3,4)5/h2,10-11,13H,8,12H2,1,3-7H3/b11-10-/t13-/m1/s1. The molecule has 0 bridgehead atoms. The van der Waals surface area contributed by atoms with Crippen LogP contribution >= 0.6 is 0 Å². The van der Waals surface area contributed by atoms with E-state index < -0.39 is 8.32 Å². The van der Waals surface area contributed by atoms with Gasteiger partial charge < -0.3 is 4.43 Å². The monoisotopic (exact) mass is 238 g/mol. The van der Waals surface area contributed by atoms with Crippen molar-refractivity contribution in [1.82, 2.24) is 0 Å². The van der Waals surface area contributed by atoms with Crippen molar-refractivity contribution < 1.29 is 4.43 Å². The van der Waals surface area contributed by atoms with Crippen LogP contribution in [0.25, 0.3) is 0 Å². The first-order chi connectivity index (χ1) is 7.24. The van der Waals surface area contributed by atoms with Crippen molar-refractivity contribution >= 4 is 8.32 Å². The summed E-state index contributed by atoms with van der Waals surface area (Å²) in [5, 5.41) is 0.219. The van der Waals surface area contributed by atoms with Gasteiger partial charge in [0, 0.05) is 6.42 Å². The van der Waals surface area contributed by atoms with E-state index in [-0.39, 0.29) is 11.1 Å². The highest BCUT2D eigenvalue weighted by Gasteiger charge is 2.38. The summed E-state index contributed by atoms with van der Waals surface area (Å²) in [5.41, 5.74) is 0. The van der Waals surface area contributed by atoms with Crippen molar-refractivity contribution in [2.45, 2.75) is 64.8 Å². The third-order valence-corrected chi connectivity index (χ3v) is 7.67. The molecule has 0 radical (unpaired) electrons. The lowest BCUT2D eigenvalue weighted by molar-refractivity contribution is 0.236. The molecule has 1 atom stereocenters. The fourth-order valence-electron chi connectivity index (χ4n) is 1.07. The van der Waals surface area contributed by atoms with Crippen molar-refractivity contribution in [2.24, 2.45) is 0 Å². The Balaban J connectivity index is 4.44. The third kappa shape index (κ3) is 5.00. The predicted octanol–water partition coefficient (Wildman–Crippen LogP) is 4.37. The molecular formula is C14H26OSi. The van der Waals surface area contributed by atoms with Crippen molar-refractivity contribution in [3.63, 3.8) is 0 Å². The van der Waals surface area contributed by atoms with E-state index in [1.165, 1.54) is 0 Å². The fraction of sp³-hybridized carbons (Fsp3) is 0.714. The van der Waals surface area contributed by atoms with Gasteiger partial charge in [0.15, 0.2) is 8.32 Å². The van der Waals surface area contributed by atoms with Crippen LogP contribution in [0.1, 0.15) is 40.5 Å². The minimum Gasteiger partial charge on any atom is -0.403 e. The largest absolute Gasteiger partial charge is 0.403 e. The zero-order chi connectivity index (χ0) is 12.8. The summed E-state index contributed by atoms with van der Waals surface area (Å²) in [6, 6.07) is 0. The first kappa shape index (κ1) is 15.5. The van der Waals surface area contributed by atoms with Gasteiger partial charge in [-0.15, -0.1) is 6.42 Å². The molecule has 0 saturated carbocycles. The Kier molecular flexibility index (Phi) is 6.07. The van der Waals surface area contributed by atoms with Crippen LogP contribution in [0.5, 0.6) is 0 Å². The van der Waals surface area contributed by atoms with Gasteiger partial charge in [-0.1, -0.05) is 45.8 Å². The minimum absolute atomic E-state index is 0.0660. The zero-order valence-corrected chi connectivity index (χ0v) is 12.6. The molecule has 92 valence electrons. The van der Waals surface area contributed by atoms with Crippen molar-refractivity contribution in [2.75, 3.05) is 0 Å². The molecule has 0 aliphatic carbocycles. The summed E-state index contributed by atoms with van der Waals surface area (Å²) in [7, 11) is -1.73. The molecule has 0 aromatic heterocycles. The van der Waals surface area contributed by atoms with Gasteiger partial charge in [-0.25, -0.2) is 0 Å². The molecule has 0 rings (SSSR count). The van der Waals surface area contributed by atoms with Crippen molar-refractivity contribution in [1.29, 1.82) is 0 Å². The molecule has 0 aliphatic heterocycles. The Hall–Kier alpha value is -0.523. The topological polar surface area (TPSA) is 9.23 Å². The highest BCUT2D eigenvalue weighted by atomic mass is 28.4. The number of allylic oxidation sites excluding steroid dienone is 1. The van der Waals surface area contributed by atoms with E-state index in [0.717, 1.165) is 12.8 Å². The lowest BCUT2D eigenvalue weighted by atomic mass is 10.2. The van der Waals surface area contributed by atoms with Gasteiger partial charge in [0.1, 0.15) is 6.10 Å². The first-order valence-corrected chi connectivity index (χ1v) is 8.94. The van der Waals surface area contributed by atoms with Crippen LogP contribution in [-0.4, -0.2) is 14.4 Å². The molecule has 0 N–H and O–H groups in total. The van der Waals surface area contributed by atoms with E-state index in [2.05, 4.69) is 58.9 Å². The average molecular weight is 238 g/mol. The van der Waals surface area contributed by atoms with Crippen LogP contribution in [0.3, 0.4) is 0 Å². The summed E-state index contributed by atoms with van der Waals surface area (Å²) < 4.78 is 6.15. The lowest BCUT2D eigenvalue weighted by Crippen LogP contribution is -2.43. The van der Waals surface area contributed by atoms with E-state index in [1.807, 2.05) is 0 Å². The summed E-state index contributed by atoms with van der Waals surface area (Å²) in [5.74, 6) is 2.75. The van der Waals surface area contributed by atoms with E-state index >= 15 is 0 Å². The highest BCUT2D eigenvalue weighted by molar-refractivity contribution is 6.74. The second kappa shape index (κ2) is 6.27. The molecule has 0 amide bonds. The van der Waals surface area contributed by atoms with Gasteiger partial charge in [-0.05, 0) is 24.6 Å². The second-order valence-electron chi connectivity index (χ2n) is 5.65. The maximum atomic E-state index is 6.15. The molecular weight excluding hydrogens is 212 g/mol. The summed E-state index contributed by atoms with van der Waals surface area (Å²) >= 11 is 0. The Morgan fingerprint density at radius 1 is 1.31 bits per heavy atom. The van der Waals surface area contributed by atoms with E-state index in [1.54, 1.807) is 0 Å². The smallest absolute Gasteiger partial charge is 0.193 e. The number of terminal acetylenes is 1. The van der Waals surface area contributed by atoms with Gasteiger partial charge >= 0.3 is 0 Å². The Bertz CT molecular complexity index is 265. The van der Waals surface area contributed by atoms with Crippen LogP contribution in [-0.2, 0) is 4.43 Å². The number of rotatable bonds is 5. The highest BCUT2D eigenvalue weighted by Crippen LogP contribution is 2.37. The van der Waals surface area contributed by atoms with Crippen LogP contribution in [0.15, 0.2) is 12.2 Å². The Morgan fingerprint density at radius 3 is 2.25 bits per heavy atom. The van der Waals surface area contributed by atoms with Crippen molar-refractivity contribution in [3.05, 3.63) is 12.2 Å². The molecule has 0 aliphatic rings. The number of hydrogen-bond acceptors (Lipinski definition) is 1. The zero-order valence-electron chi connectivity index (χ0n) is 11.6. The normalized spacial score (nSPS) is 15.1. The van der Waals surface area contributed by atoms with Gasteiger partial charge in [-0.3, -0.25) is 0 Å². The first-order valence-electron chi connectivity index (χ1n) is 6.03. The molecule has 2 heteroatoms. The van der Waals surface area contributed by atoms with Gasteiger partial charge in [-0.2, -0.15) is 0 Å². The molecule has 16 heavy (non-hydrogen) atoms. The molecule has 1 nitrogen and oxygen atoms in total. The van der Waals surface area contributed by atoms with E-state index in [4.69, 9.17) is 10.8 Å². The predicted molar refractivity (Wildman–Crippen MR) is 75.0 cm³/mol. The average Bonchev–Trinajstić information content (AvgIpc) is 2.14. The van der Waals surface area contributed by atoms with Crippen molar-refractivity contribution in [3.8, 4) is 12.3 Å². The lowest BCUT2D eigenvalue weighted by Gasteiger charge is -2.37. The molecule has 0 aromatic rings. The van der Waals surface area contributed by atoms with Crippen LogP contribution in [0.4, 0.5) is 0 Å². The Labute approximate surface area is 102 Å². The summed E-state index contributed by atoms with van der Waals surface area (Å²) in [6.07, 6.45) is 11.6. The fourth-order valence-corrected chi connectivity index (χ4v) is 2.30. The van der Waals surface area contributed by atoms with Gasteiger partial charge in [0.05, 0.1) is 0 Å². The molecule has 0 heterocycles. The maximum absolute atomic E-state index is 6.15. The third-order valence-electron chi connectivity index (χ3n) is 3.18. The summed E-state index contributed by atoms with van der Waals surface area (Å²) in [6.45, 7) is 13.3. The van der Waals surface area contributed by atoms with Crippen LogP contribution < -0.4 is 0 Å². The molecule has 0 fully saturated rings. The molecule has 0 unspecified atom stereocenters. The SMILES string of the molecule is C#C[C@H](C/C=C\CC)O[Si](C)(C)C(C)(C)C. The van der Waals surface area contributed by atoms with E-state index in [0.29, 0.717) is 0 Å². The quantitative estimate of drug-likeness (QED) is 0.393. The maximum Gasteiger partial charge on any atom is 0.193 e. The van der Waals surface area contributed by atoms with Gasteiger partial charge in [0.2, 0.25) is 0 Å². The molecule has 0 spiro atoms. The van der Waals surface area contributed by atoms with Gasteiger partial charge in [0.25, 0.3) is 0 Å². The minimum atomic E-state index is -1.73. The molecule has 0 aromatic carbocycles. The van der Waals surface area contributed by atoms with Crippen LogP contribution in [0, 0.1) is 12.3 Å². The van der Waals surface area contributed by atoms with Crippen LogP contribution in [0.2, 0.25) is 18.1 Å². The summed E-state index contributed by atoms with van der Waals surface area (Å²) in [4.78, 5) is 0. The second-order valence-corrected chi connectivity index (χ2v) is 10.4. The van der Waals surface area contributed by atoms with E-state index in [9.17, 15) is 0 Å². The molecule has 0 saturated heterocycles. The Morgan fingerprint density at radius 2 is 1.88 bits per heavy atom. The number of hydrogen-bond donors (Lipinski definition) is 0.